The van der Waals surface area contributed by atoms with Crippen LogP contribution in [0.25, 0.3) is 22.5 Å². The second-order valence-electron chi connectivity index (χ2n) is 5.92. The van der Waals surface area contributed by atoms with Crippen molar-refractivity contribution in [1.29, 1.82) is 0 Å². The number of ether oxygens (including phenoxy) is 1. The Morgan fingerprint density at radius 3 is 2.81 bits per heavy atom. The third kappa shape index (κ3) is 2.73. The first-order chi connectivity index (χ1) is 12.5. The topological polar surface area (TPSA) is 118 Å². The molecule has 3 heterocycles. The molecule has 3 aromatic heterocycles. The minimum Gasteiger partial charge on any atom is -0.487 e. The summed E-state index contributed by atoms with van der Waals surface area (Å²) >= 11 is 0. The Hall–Kier alpha value is -3.49. The standard InChI is InChI=1S/C17H17N7O2/c1-9-4-5-11(17-22-21-10(2)26-17)6-13(9)25-7-12-14-15(18)19-8-20-16(14)24(3)23-12/h4-6,8H,7H2,1-3H3,(H2,18,19,20). The van der Waals surface area contributed by atoms with Crippen LogP contribution in [0.3, 0.4) is 0 Å². The van der Waals surface area contributed by atoms with Gasteiger partial charge in [0, 0.05) is 19.5 Å². The number of fused-ring (bicyclic) bond motifs is 1. The van der Waals surface area contributed by atoms with Crippen molar-refractivity contribution in [2.45, 2.75) is 20.5 Å². The van der Waals surface area contributed by atoms with E-state index in [1.54, 1.807) is 11.6 Å². The van der Waals surface area contributed by atoms with Gasteiger partial charge in [0.2, 0.25) is 11.8 Å². The van der Waals surface area contributed by atoms with Crippen molar-refractivity contribution in [3.05, 3.63) is 41.7 Å². The normalized spacial score (nSPS) is 11.2. The van der Waals surface area contributed by atoms with Gasteiger partial charge in [-0.15, -0.1) is 10.2 Å². The molecule has 0 unspecified atom stereocenters. The minimum atomic E-state index is 0.238. The number of aromatic nitrogens is 6. The van der Waals surface area contributed by atoms with Crippen LogP contribution >= 0.6 is 0 Å². The van der Waals surface area contributed by atoms with E-state index in [2.05, 4.69) is 25.3 Å². The van der Waals surface area contributed by atoms with Gasteiger partial charge in [0.05, 0.1) is 5.39 Å². The average molecular weight is 351 g/mol. The molecule has 2 N–H and O–H groups in total. The summed E-state index contributed by atoms with van der Waals surface area (Å²) in [5.41, 5.74) is 9.11. The molecule has 0 amide bonds. The number of benzene rings is 1. The molecule has 0 spiro atoms. The van der Waals surface area contributed by atoms with Gasteiger partial charge >= 0.3 is 0 Å². The maximum absolute atomic E-state index is 5.99. The van der Waals surface area contributed by atoms with Crippen LogP contribution < -0.4 is 10.5 Å². The number of aryl methyl sites for hydroxylation is 3. The Morgan fingerprint density at radius 1 is 1.19 bits per heavy atom. The van der Waals surface area contributed by atoms with Crippen molar-refractivity contribution >= 4 is 16.9 Å². The Balaban J connectivity index is 1.64. The Labute approximate surface area is 148 Å². The molecule has 1 aromatic carbocycles. The van der Waals surface area contributed by atoms with Gasteiger partial charge in [-0.1, -0.05) is 6.07 Å². The fourth-order valence-corrected chi connectivity index (χ4v) is 2.74. The predicted octanol–water partition coefficient (Wildman–Crippen LogP) is 2.19. The highest BCUT2D eigenvalue weighted by Gasteiger charge is 2.15. The molecule has 0 aliphatic rings. The van der Waals surface area contributed by atoms with E-state index in [0.29, 0.717) is 40.1 Å². The van der Waals surface area contributed by atoms with E-state index in [0.717, 1.165) is 11.1 Å². The fourth-order valence-electron chi connectivity index (χ4n) is 2.74. The molecule has 0 atom stereocenters. The van der Waals surface area contributed by atoms with E-state index in [1.807, 2.05) is 32.2 Å². The molecule has 4 aromatic rings. The third-order valence-corrected chi connectivity index (χ3v) is 4.05. The zero-order valence-corrected chi connectivity index (χ0v) is 14.6. The molecule has 0 saturated heterocycles. The highest BCUT2D eigenvalue weighted by molar-refractivity contribution is 5.87. The summed E-state index contributed by atoms with van der Waals surface area (Å²) in [4.78, 5) is 8.26. The van der Waals surface area contributed by atoms with Crippen LogP contribution in [0.1, 0.15) is 17.1 Å². The summed E-state index contributed by atoms with van der Waals surface area (Å²) in [6.07, 6.45) is 1.42. The summed E-state index contributed by atoms with van der Waals surface area (Å²) in [5, 5.41) is 13.0. The van der Waals surface area contributed by atoms with E-state index in [9.17, 15) is 0 Å². The molecule has 0 aliphatic heterocycles. The summed E-state index contributed by atoms with van der Waals surface area (Å²) in [7, 11) is 1.81. The van der Waals surface area contributed by atoms with E-state index in [-0.39, 0.29) is 6.61 Å². The molecule has 9 heteroatoms. The van der Waals surface area contributed by atoms with Crippen molar-refractivity contribution in [3.63, 3.8) is 0 Å². The van der Waals surface area contributed by atoms with Gasteiger partial charge in [-0.2, -0.15) is 5.10 Å². The monoisotopic (exact) mass is 351 g/mol. The number of rotatable bonds is 4. The zero-order chi connectivity index (χ0) is 18.3. The third-order valence-electron chi connectivity index (χ3n) is 4.05. The molecule has 0 bridgehead atoms. The first kappa shape index (κ1) is 16.0. The average Bonchev–Trinajstić information content (AvgIpc) is 3.19. The fraction of sp³-hybridized carbons (Fsp3) is 0.235. The van der Waals surface area contributed by atoms with E-state index >= 15 is 0 Å². The number of nitrogen functional groups attached to an aromatic ring is 1. The second kappa shape index (κ2) is 6.10. The lowest BCUT2D eigenvalue weighted by atomic mass is 10.1. The second-order valence-corrected chi connectivity index (χ2v) is 5.92. The Bertz CT molecular complexity index is 1100. The highest BCUT2D eigenvalue weighted by Crippen LogP contribution is 2.28. The van der Waals surface area contributed by atoms with Crippen LogP contribution in [-0.4, -0.2) is 29.9 Å². The van der Waals surface area contributed by atoms with Gasteiger partial charge in [-0.3, -0.25) is 0 Å². The van der Waals surface area contributed by atoms with Crippen LogP contribution in [0.5, 0.6) is 5.75 Å². The summed E-state index contributed by atoms with van der Waals surface area (Å²) in [6, 6.07) is 5.72. The van der Waals surface area contributed by atoms with Crippen molar-refractivity contribution in [2.24, 2.45) is 7.05 Å². The quantitative estimate of drug-likeness (QED) is 0.594. The molecular formula is C17H17N7O2. The molecule has 9 nitrogen and oxygen atoms in total. The number of nitrogens with zero attached hydrogens (tertiary/aromatic N) is 6. The van der Waals surface area contributed by atoms with Gasteiger partial charge in [0.25, 0.3) is 0 Å². The first-order valence-electron chi connectivity index (χ1n) is 7.99. The Morgan fingerprint density at radius 2 is 2.04 bits per heavy atom. The summed E-state index contributed by atoms with van der Waals surface area (Å²) in [6.45, 7) is 3.95. The number of anilines is 1. The molecule has 0 aliphatic carbocycles. The molecule has 132 valence electrons. The molecule has 0 fully saturated rings. The summed E-state index contributed by atoms with van der Waals surface area (Å²) < 4.78 is 13.1. The van der Waals surface area contributed by atoms with Crippen LogP contribution in [0.15, 0.2) is 28.9 Å². The van der Waals surface area contributed by atoms with Gasteiger partial charge in [-0.05, 0) is 24.6 Å². The molecule has 26 heavy (non-hydrogen) atoms. The van der Waals surface area contributed by atoms with E-state index in [1.165, 1.54) is 6.33 Å². The number of nitrogens with two attached hydrogens (primary N) is 1. The molecule has 4 rings (SSSR count). The first-order valence-corrected chi connectivity index (χ1v) is 7.99. The maximum Gasteiger partial charge on any atom is 0.247 e. The van der Waals surface area contributed by atoms with Crippen molar-refractivity contribution in [1.82, 2.24) is 29.9 Å². The maximum atomic E-state index is 5.99. The predicted molar refractivity (Wildman–Crippen MR) is 94.3 cm³/mol. The van der Waals surface area contributed by atoms with E-state index in [4.69, 9.17) is 14.9 Å². The highest BCUT2D eigenvalue weighted by atomic mass is 16.5. The van der Waals surface area contributed by atoms with Crippen molar-refractivity contribution in [2.75, 3.05) is 5.73 Å². The van der Waals surface area contributed by atoms with Crippen molar-refractivity contribution in [3.8, 4) is 17.2 Å². The number of hydrogen-bond donors (Lipinski definition) is 1. The van der Waals surface area contributed by atoms with Crippen LogP contribution in [0.4, 0.5) is 5.82 Å². The molecule has 0 radical (unpaired) electrons. The smallest absolute Gasteiger partial charge is 0.247 e. The minimum absolute atomic E-state index is 0.238. The lowest BCUT2D eigenvalue weighted by molar-refractivity contribution is 0.299. The Kier molecular flexibility index (Phi) is 3.76. The largest absolute Gasteiger partial charge is 0.487 e. The molecule has 0 saturated carbocycles. The lowest BCUT2D eigenvalue weighted by Gasteiger charge is -2.09. The lowest BCUT2D eigenvalue weighted by Crippen LogP contribution is -2.01. The zero-order valence-electron chi connectivity index (χ0n) is 14.6. The molecular weight excluding hydrogens is 334 g/mol. The van der Waals surface area contributed by atoms with Gasteiger partial charge in [0.15, 0.2) is 5.65 Å². The summed E-state index contributed by atoms with van der Waals surface area (Å²) in [5.74, 6) is 2.05. The van der Waals surface area contributed by atoms with Gasteiger partial charge < -0.3 is 14.9 Å². The van der Waals surface area contributed by atoms with Gasteiger partial charge in [-0.25, -0.2) is 14.6 Å². The van der Waals surface area contributed by atoms with Gasteiger partial charge in [0.1, 0.15) is 30.2 Å². The van der Waals surface area contributed by atoms with E-state index < -0.39 is 0 Å². The SMILES string of the molecule is Cc1nnc(-c2ccc(C)c(OCc3nn(C)c4ncnc(N)c34)c2)o1. The van der Waals surface area contributed by atoms with Crippen molar-refractivity contribution < 1.29 is 9.15 Å². The van der Waals surface area contributed by atoms with Crippen LogP contribution in [0.2, 0.25) is 0 Å². The van der Waals surface area contributed by atoms with Crippen LogP contribution in [0, 0.1) is 13.8 Å². The van der Waals surface area contributed by atoms with Crippen LogP contribution in [-0.2, 0) is 13.7 Å². The number of hydrogen-bond acceptors (Lipinski definition) is 8.